The number of fused-ring (bicyclic) bond motifs is 2. The van der Waals surface area contributed by atoms with Crippen LogP contribution in [-0.4, -0.2) is 32.6 Å². The lowest BCUT2D eigenvalue weighted by molar-refractivity contribution is -0.119. The standard InChI is InChI=1S/C14H17N5O2S/c15-12(21)10-7-8-3-1-2-4-9(8)18(10)14-17-19-11(20)5-6-16-13(19)22-14/h5-6,8-10H,1-4,7H2,(H2,15,21)/t8-,9-,10+/m1/s1. The lowest BCUT2D eigenvalue weighted by Crippen LogP contribution is -2.45. The quantitative estimate of drug-likeness (QED) is 0.882. The molecule has 2 fully saturated rings. The fourth-order valence-electron chi connectivity index (χ4n) is 3.83. The van der Waals surface area contributed by atoms with E-state index in [2.05, 4.69) is 10.1 Å². The first kappa shape index (κ1) is 13.7. The zero-order chi connectivity index (χ0) is 15.3. The molecule has 0 unspecified atom stereocenters. The predicted octanol–water partition coefficient (Wildman–Crippen LogP) is 0.774. The molecule has 116 valence electrons. The van der Waals surface area contributed by atoms with Gasteiger partial charge in [-0.2, -0.15) is 4.52 Å². The van der Waals surface area contributed by atoms with Crippen LogP contribution in [0.15, 0.2) is 17.1 Å². The van der Waals surface area contributed by atoms with Gasteiger partial charge in [0, 0.05) is 18.3 Å². The molecule has 2 aromatic heterocycles. The minimum atomic E-state index is -0.329. The molecule has 0 radical (unpaired) electrons. The van der Waals surface area contributed by atoms with Crippen LogP contribution in [0.1, 0.15) is 32.1 Å². The van der Waals surface area contributed by atoms with Crippen molar-refractivity contribution in [3.8, 4) is 0 Å². The summed E-state index contributed by atoms with van der Waals surface area (Å²) in [6.07, 6.45) is 6.82. The number of carbonyl (C=O) groups excluding carboxylic acids is 1. The van der Waals surface area contributed by atoms with Crippen molar-refractivity contribution in [2.24, 2.45) is 11.7 Å². The normalized spacial score (nSPS) is 28.0. The highest BCUT2D eigenvalue weighted by molar-refractivity contribution is 7.20. The zero-order valence-electron chi connectivity index (χ0n) is 12.0. The van der Waals surface area contributed by atoms with Crippen LogP contribution in [0.3, 0.4) is 0 Å². The number of anilines is 1. The van der Waals surface area contributed by atoms with Crippen molar-refractivity contribution in [2.45, 2.75) is 44.2 Å². The highest BCUT2D eigenvalue weighted by atomic mass is 32.1. The molecule has 1 amide bonds. The van der Waals surface area contributed by atoms with E-state index in [1.165, 1.54) is 34.5 Å². The largest absolute Gasteiger partial charge is 0.368 e. The number of amides is 1. The average Bonchev–Trinajstić information content (AvgIpc) is 3.08. The average molecular weight is 319 g/mol. The summed E-state index contributed by atoms with van der Waals surface area (Å²) in [5, 5.41) is 5.07. The van der Waals surface area contributed by atoms with Crippen LogP contribution in [0.4, 0.5) is 5.13 Å². The molecule has 1 aliphatic carbocycles. The van der Waals surface area contributed by atoms with Crippen LogP contribution < -0.4 is 16.2 Å². The lowest BCUT2D eigenvalue weighted by atomic mass is 9.85. The first-order valence-corrected chi connectivity index (χ1v) is 8.39. The molecule has 1 saturated heterocycles. The van der Waals surface area contributed by atoms with Crippen molar-refractivity contribution < 1.29 is 4.79 Å². The van der Waals surface area contributed by atoms with E-state index in [-0.39, 0.29) is 17.5 Å². The van der Waals surface area contributed by atoms with Gasteiger partial charge in [0.1, 0.15) is 6.04 Å². The van der Waals surface area contributed by atoms with Gasteiger partial charge in [-0.1, -0.05) is 24.2 Å². The smallest absolute Gasteiger partial charge is 0.275 e. The minimum absolute atomic E-state index is 0.206. The van der Waals surface area contributed by atoms with E-state index < -0.39 is 0 Å². The van der Waals surface area contributed by atoms with Gasteiger partial charge in [0.15, 0.2) is 0 Å². The number of hydrogen-bond donors (Lipinski definition) is 1. The minimum Gasteiger partial charge on any atom is -0.368 e. The molecule has 1 aliphatic heterocycles. The second-order valence-electron chi connectivity index (χ2n) is 6.04. The summed E-state index contributed by atoms with van der Waals surface area (Å²) >= 11 is 1.34. The van der Waals surface area contributed by atoms with E-state index in [9.17, 15) is 9.59 Å². The second kappa shape index (κ2) is 5.05. The van der Waals surface area contributed by atoms with Gasteiger partial charge in [-0.05, 0) is 25.2 Å². The van der Waals surface area contributed by atoms with E-state index in [1.54, 1.807) is 0 Å². The number of hydrogen-bond acceptors (Lipinski definition) is 6. The van der Waals surface area contributed by atoms with E-state index in [4.69, 9.17) is 5.73 Å². The molecule has 8 heteroatoms. The topological polar surface area (TPSA) is 93.6 Å². The van der Waals surface area contributed by atoms with Crippen LogP contribution >= 0.6 is 11.3 Å². The highest BCUT2D eigenvalue weighted by Crippen LogP contribution is 2.43. The molecule has 22 heavy (non-hydrogen) atoms. The van der Waals surface area contributed by atoms with Gasteiger partial charge >= 0.3 is 0 Å². The summed E-state index contributed by atoms with van der Waals surface area (Å²) in [6.45, 7) is 0. The number of nitrogens with zero attached hydrogens (tertiary/aromatic N) is 4. The zero-order valence-corrected chi connectivity index (χ0v) is 12.8. The van der Waals surface area contributed by atoms with E-state index in [0.717, 1.165) is 25.7 Å². The Kier molecular flexibility index (Phi) is 3.14. The summed E-state index contributed by atoms with van der Waals surface area (Å²) in [4.78, 5) is 30.5. The Bertz CT molecular complexity index is 785. The molecule has 0 spiro atoms. The Morgan fingerprint density at radius 3 is 2.95 bits per heavy atom. The molecule has 2 N–H and O–H groups in total. The molecule has 2 aromatic rings. The molecule has 0 bridgehead atoms. The van der Waals surface area contributed by atoms with Crippen LogP contribution in [0, 0.1) is 5.92 Å². The highest BCUT2D eigenvalue weighted by Gasteiger charge is 2.45. The van der Waals surface area contributed by atoms with Crippen molar-refractivity contribution >= 4 is 27.3 Å². The number of rotatable bonds is 2. The Hall–Kier alpha value is -1.96. The molecule has 7 nitrogen and oxygen atoms in total. The summed E-state index contributed by atoms with van der Waals surface area (Å²) in [7, 11) is 0. The molecule has 3 atom stereocenters. The van der Waals surface area contributed by atoms with Gasteiger partial charge in [0.25, 0.3) is 5.56 Å². The monoisotopic (exact) mass is 319 g/mol. The van der Waals surface area contributed by atoms with Gasteiger partial charge in [-0.25, -0.2) is 4.98 Å². The number of aromatic nitrogens is 3. The maximum absolute atomic E-state index is 11.9. The molecule has 4 rings (SSSR count). The second-order valence-corrected chi connectivity index (χ2v) is 6.97. The van der Waals surface area contributed by atoms with Crippen LogP contribution in [-0.2, 0) is 4.79 Å². The number of primary amides is 1. The Morgan fingerprint density at radius 2 is 2.18 bits per heavy atom. The number of nitrogens with two attached hydrogens (primary N) is 1. The van der Waals surface area contributed by atoms with Gasteiger partial charge in [-0.3, -0.25) is 9.59 Å². The third-order valence-corrected chi connectivity index (χ3v) is 5.73. The van der Waals surface area contributed by atoms with Crippen LogP contribution in [0.2, 0.25) is 0 Å². The first-order chi connectivity index (χ1) is 10.6. The number of carbonyl (C=O) groups is 1. The summed E-state index contributed by atoms with van der Waals surface area (Å²) in [5.41, 5.74) is 5.41. The van der Waals surface area contributed by atoms with E-state index in [0.29, 0.717) is 22.1 Å². The predicted molar refractivity (Wildman–Crippen MR) is 83.0 cm³/mol. The fraction of sp³-hybridized carbons (Fsp3) is 0.571. The van der Waals surface area contributed by atoms with Crippen LogP contribution in [0.5, 0.6) is 0 Å². The maximum Gasteiger partial charge on any atom is 0.275 e. The molecule has 3 heterocycles. The third kappa shape index (κ3) is 2.01. The van der Waals surface area contributed by atoms with Crippen LogP contribution in [0.25, 0.3) is 4.96 Å². The fourth-order valence-corrected chi connectivity index (χ4v) is 4.81. The maximum atomic E-state index is 11.9. The molecule has 0 aromatic carbocycles. The third-order valence-electron chi connectivity index (χ3n) is 4.80. The Labute approximate surface area is 130 Å². The Morgan fingerprint density at radius 1 is 1.36 bits per heavy atom. The van der Waals surface area contributed by atoms with Crippen molar-refractivity contribution in [3.05, 3.63) is 22.6 Å². The van der Waals surface area contributed by atoms with Gasteiger partial charge in [0.2, 0.25) is 16.0 Å². The van der Waals surface area contributed by atoms with Gasteiger partial charge in [-0.15, -0.1) is 5.10 Å². The lowest BCUT2D eigenvalue weighted by Gasteiger charge is -2.32. The summed E-state index contributed by atoms with van der Waals surface area (Å²) < 4.78 is 1.30. The summed E-state index contributed by atoms with van der Waals surface area (Å²) in [6, 6.07) is 1.35. The van der Waals surface area contributed by atoms with E-state index >= 15 is 0 Å². The molecule has 1 saturated carbocycles. The summed E-state index contributed by atoms with van der Waals surface area (Å²) in [5.74, 6) is 0.178. The SMILES string of the molecule is NC(=O)[C@@H]1C[C@H]2CCCC[C@H]2N1c1nn2c(=O)ccnc2s1. The van der Waals surface area contributed by atoms with Gasteiger partial charge < -0.3 is 10.6 Å². The van der Waals surface area contributed by atoms with Crippen molar-refractivity contribution in [1.82, 2.24) is 14.6 Å². The van der Waals surface area contributed by atoms with Crippen molar-refractivity contribution in [2.75, 3.05) is 4.90 Å². The first-order valence-electron chi connectivity index (χ1n) is 7.57. The molecular weight excluding hydrogens is 302 g/mol. The van der Waals surface area contributed by atoms with Crippen molar-refractivity contribution in [3.63, 3.8) is 0 Å². The van der Waals surface area contributed by atoms with Gasteiger partial charge in [0.05, 0.1) is 0 Å². The Balaban J connectivity index is 1.81. The van der Waals surface area contributed by atoms with E-state index in [1.807, 2.05) is 4.90 Å². The molecule has 2 aliphatic rings. The molecular formula is C14H17N5O2S. The van der Waals surface area contributed by atoms with Crippen molar-refractivity contribution in [1.29, 1.82) is 0 Å².